The third-order valence-electron chi connectivity index (χ3n) is 3.81. The summed E-state index contributed by atoms with van der Waals surface area (Å²) in [5.74, 6) is -0.105. The summed E-state index contributed by atoms with van der Waals surface area (Å²) in [6.45, 7) is 0.523. The largest absolute Gasteiger partial charge is 0.478 e. The first-order valence-corrected chi connectivity index (χ1v) is 8.26. The Morgan fingerprint density at radius 1 is 1.38 bits per heavy atom. The minimum absolute atomic E-state index is 0.109. The second-order valence-corrected chi connectivity index (χ2v) is 6.48. The quantitative estimate of drug-likeness (QED) is 0.758. The number of hydrogen-bond acceptors (Lipinski definition) is 3. The van der Waals surface area contributed by atoms with Crippen molar-refractivity contribution in [2.24, 2.45) is 5.92 Å². The predicted octanol–water partition coefficient (Wildman–Crippen LogP) is 3.43. The molecule has 0 aliphatic heterocycles. The summed E-state index contributed by atoms with van der Waals surface area (Å²) in [7, 11) is 0. The number of nitrogens with one attached hydrogen (secondary N) is 1. The Labute approximate surface area is 128 Å². The Kier molecular flexibility index (Phi) is 5.99. The molecule has 1 aromatic heterocycles. The standard InChI is InChI=1S/C16H21NO3S/c18-15(7-5-12-3-1-2-4-12)17-10-14-9-13(11-21-14)6-8-16(19)20/h6,8-9,11-12H,1-5,7,10H2,(H,17,18)(H,19,20). The number of rotatable bonds is 7. The van der Waals surface area contributed by atoms with E-state index >= 15 is 0 Å². The number of carboxylic acid groups (broad SMARTS) is 1. The maximum absolute atomic E-state index is 11.8. The summed E-state index contributed by atoms with van der Waals surface area (Å²) in [4.78, 5) is 23.3. The van der Waals surface area contributed by atoms with E-state index in [2.05, 4.69) is 5.32 Å². The van der Waals surface area contributed by atoms with Gasteiger partial charge in [0.2, 0.25) is 5.91 Å². The van der Waals surface area contributed by atoms with Crippen molar-refractivity contribution < 1.29 is 14.7 Å². The van der Waals surface area contributed by atoms with Gasteiger partial charge in [0.1, 0.15) is 0 Å². The molecule has 0 unspecified atom stereocenters. The van der Waals surface area contributed by atoms with Crippen molar-refractivity contribution in [1.29, 1.82) is 0 Å². The number of aliphatic carboxylic acids is 1. The zero-order valence-corrected chi connectivity index (χ0v) is 12.8. The van der Waals surface area contributed by atoms with E-state index in [-0.39, 0.29) is 5.91 Å². The first-order chi connectivity index (χ1) is 10.1. The number of carboxylic acids is 1. The van der Waals surface area contributed by atoms with Crippen LogP contribution < -0.4 is 5.32 Å². The minimum atomic E-state index is -0.956. The van der Waals surface area contributed by atoms with Gasteiger partial charge in [-0.1, -0.05) is 25.7 Å². The van der Waals surface area contributed by atoms with E-state index in [9.17, 15) is 9.59 Å². The van der Waals surface area contributed by atoms with Crippen LogP contribution in [0.5, 0.6) is 0 Å². The summed E-state index contributed by atoms with van der Waals surface area (Å²) in [5, 5.41) is 13.4. The summed E-state index contributed by atoms with van der Waals surface area (Å²) in [6.07, 6.45) is 9.47. The van der Waals surface area contributed by atoms with Gasteiger partial charge in [0.15, 0.2) is 0 Å². The lowest BCUT2D eigenvalue weighted by molar-refractivity contribution is -0.131. The van der Waals surface area contributed by atoms with Gasteiger partial charge < -0.3 is 10.4 Å². The van der Waals surface area contributed by atoms with Crippen LogP contribution in [0.2, 0.25) is 0 Å². The normalized spacial score (nSPS) is 15.6. The molecule has 0 bridgehead atoms. The van der Waals surface area contributed by atoms with Crippen LogP contribution in [0, 0.1) is 5.92 Å². The third kappa shape index (κ3) is 5.71. The van der Waals surface area contributed by atoms with E-state index < -0.39 is 5.97 Å². The number of carbonyl (C=O) groups is 2. The van der Waals surface area contributed by atoms with Gasteiger partial charge in [-0.2, -0.15) is 0 Å². The predicted molar refractivity (Wildman–Crippen MR) is 84.0 cm³/mol. The number of hydrogen-bond donors (Lipinski definition) is 2. The van der Waals surface area contributed by atoms with Gasteiger partial charge in [-0.3, -0.25) is 4.79 Å². The molecular weight excluding hydrogens is 286 g/mol. The van der Waals surface area contributed by atoms with Crippen LogP contribution in [0.3, 0.4) is 0 Å². The van der Waals surface area contributed by atoms with Crippen LogP contribution in [0.15, 0.2) is 17.5 Å². The monoisotopic (exact) mass is 307 g/mol. The van der Waals surface area contributed by atoms with Crippen molar-refractivity contribution in [2.45, 2.75) is 45.1 Å². The van der Waals surface area contributed by atoms with Crippen molar-refractivity contribution in [3.63, 3.8) is 0 Å². The summed E-state index contributed by atoms with van der Waals surface area (Å²) < 4.78 is 0. The van der Waals surface area contributed by atoms with E-state index in [1.165, 1.54) is 37.0 Å². The zero-order valence-electron chi connectivity index (χ0n) is 12.0. The average molecular weight is 307 g/mol. The van der Waals surface area contributed by atoms with Gasteiger partial charge in [-0.25, -0.2) is 4.79 Å². The van der Waals surface area contributed by atoms with Crippen molar-refractivity contribution in [3.05, 3.63) is 28.0 Å². The summed E-state index contributed by atoms with van der Waals surface area (Å²) in [6, 6.07) is 1.90. The summed E-state index contributed by atoms with van der Waals surface area (Å²) in [5.41, 5.74) is 0.859. The van der Waals surface area contributed by atoms with Crippen molar-refractivity contribution in [2.75, 3.05) is 0 Å². The first-order valence-electron chi connectivity index (χ1n) is 7.38. The smallest absolute Gasteiger partial charge is 0.328 e. The van der Waals surface area contributed by atoms with E-state index in [1.54, 1.807) is 6.08 Å². The summed E-state index contributed by atoms with van der Waals surface area (Å²) >= 11 is 1.53. The Balaban J connectivity index is 1.69. The topological polar surface area (TPSA) is 66.4 Å². The molecule has 4 nitrogen and oxygen atoms in total. The van der Waals surface area contributed by atoms with Gasteiger partial charge in [0.05, 0.1) is 6.54 Å². The highest BCUT2D eigenvalue weighted by Crippen LogP contribution is 2.28. The molecule has 2 N–H and O–H groups in total. The van der Waals surface area contributed by atoms with Crippen LogP contribution in [-0.4, -0.2) is 17.0 Å². The number of thiophene rings is 1. The Bertz CT molecular complexity index is 515. The number of carbonyl (C=O) groups excluding carboxylic acids is 1. The van der Waals surface area contributed by atoms with Crippen molar-refractivity contribution in [3.8, 4) is 0 Å². The van der Waals surface area contributed by atoms with Gasteiger partial charge in [0, 0.05) is 17.4 Å². The molecule has 0 spiro atoms. The second-order valence-electron chi connectivity index (χ2n) is 5.48. The van der Waals surface area contributed by atoms with Gasteiger partial charge >= 0.3 is 5.97 Å². The molecule has 1 fully saturated rings. The van der Waals surface area contributed by atoms with E-state index in [1.807, 2.05) is 11.4 Å². The van der Waals surface area contributed by atoms with Crippen LogP contribution in [0.1, 0.15) is 49.0 Å². The molecule has 2 rings (SSSR count). The molecular formula is C16H21NO3S. The van der Waals surface area contributed by atoms with Gasteiger partial charge in [-0.15, -0.1) is 11.3 Å². The third-order valence-corrected chi connectivity index (χ3v) is 4.76. The molecule has 1 saturated carbocycles. The molecule has 1 amide bonds. The van der Waals surface area contributed by atoms with E-state index in [0.717, 1.165) is 28.9 Å². The van der Waals surface area contributed by atoms with Gasteiger partial charge in [-0.05, 0) is 35.4 Å². The highest BCUT2D eigenvalue weighted by atomic mass is 32.1. The molecule has 0 atom stereocenters. The Morgan fingerprint density at radius 2 is 2.14 bits per heavy atom. The SMILES string of the molecule is O=C(O)C=Cc1csc(CNC(=O)CCC2CCCC2)c1. The van der Waals surface area contributed by atoms with Crippen LogP contribution >= 0.6 is 11.3 Å². The maximum atomic E-state index is 11.8. The van der Waals surface area contributed by atoms with Gasteiger partial charge in [0.25, 0.3) is 0 Å². The molecule has 0 saturated heterocycles. The average Bonchev–Trinajstić information content (AvgIpc) is 3.12. The Morgan fingerprint density at radius 3 is 2.86 bits per heavy atom. The molecule has 21 heavy (non-hydrogen) atoms. The lowest BCUT2D eigenvalue weighted by Gasteiger charge is -2.08. The van der Waals surface area contributed by atoms with Crippen LogP contribution in [0.25, 0.3) is 6.08 Å². The molecule has 5 heteroatoms. The van der Waals surface area contributed by atoms with Crippen molar-refractivity contribution >= 4 is 29.3 Å². The molecule has 1 heterocycles. The van der Waals surface area contributed by atoms with Crippen LogP contribution in [-0.2, 0) is 16.1 Å². The van der Waals surface area contributed by atoms with Crippen LogP contribution in [0.4, 0.5) is 0 Å². The highest BCUT2D eigenvalue weighted by Gasteiger charge is 2.16. The minimum Gasteiger partial charge on any atom is -0.478 e. The molecule has 114 valence electrons. The van der Waals surface area contributed by atoms with E-state index in [0.29, 0.717) is 13.0 Å². The Hall–Kier alpha value is -1.62. The molecule has 1 aliphatic carbocycles. The number of amides is 1. The van der Waals surface area contributed by atoms with E-state index in [4.69, 9.17) is 5.11 Å². The second kappa shape index (κ2) is 7.98. The maximum Gasteiger partial charge on any atom is 0.328 e. The molecule has 1 aromatic rings. The molecule has 1 aliphatic rings. The highest BCUT2D eigenvalue weighted by molar-refractivity contribution is 7.10. The van der Waals surface area contributed by atoms with Crippen molar-refractivity contribution in [1.82, 2.24) is 5.32 Å². The first kappa shape index (κ1) is 15.8. The molecule has 0 radical (unpaired) electrons. The lowest BCUT2D eigenvalue weighted by Crippen LogP contribution is -2.22. The lowest BCUT2D eigenvalue weighted by atomic mass is 10.0. The molecule has 0 aromatic carbocycles. The fraction of sp³-hybridized carbons (Fsp3) is 0.500. The zero-order chi connectivity index (χ0) is 15.1. The fourth-order valence-electron chi connectivity index (χ4n) is 2.65. The fourth-order valence-corrected chi connectivity index (χ4v) is 3.45.